The van der Waals surface area contributed by atoms with E-state index in [4.69, 9.17) is 11.6 Å². The molecule has 0 aromatic heterocycles. The summed E-state index contributed by atoms with van der Waals surface area (Å²) in [5, 5.41) is 3.61. The summed E-state index contributed by atoms with van der Waals surface area (Å²) in [5.74, 6) is -0.0994. The Hall–Kier alpha value is -1.45. The predicted molar refractivity (Wildman–Crippen MR) is 88.2 cm³/mol. The minimum atomic E-state index is -0.0994. The van der Waals surface area contributed by atoms with Crippen LogP contribution in [-0.4, -0.2) is 12.2 Å². The third-order valence-corrected chi connectivity index (χ3v) is 4.91. The fourth-order valence-corrected chi connectivity index (χ4v) is 3.39. The molecule has 0 unspecified atom stereocenters. The topological polar surface area (TPSA) is 29.1 Å². The van der Waals surface area contributed by atoms with Crippen molar-refractivity contribution in [3.05, 3.63) is 64.2 Å². The quantitative estimate of drug-likeness (QED) is 0.846. The van der Waals surface area contributed by atoms with E-state index in [0.29, 0.717) is 10.6 Å². The van der Waals surface area contributed by atoms with Gasteiger partial charge in [-0.25, -0.2) is 0 Å². The molecule has 1 amide bonds. The number of carbonyl (C=O) groups excluding carboxylic acids is 1. The molecule has 21 heavy (non-hydrogen) atoms. The van der Waals surface area contributed by atoms with Crippen LogP contribution in [0.5, 0.6) is 0 Å². The summed E-state index contributed by atoms with van der Waals surface area (Å²) in [4.78, 5) is 13.5. The van der Waals surface area contributed by atoms with Gasteiger partial charge >= 0.3 is 0 Å². The average molecular weight is 318 g/mol. The molecule has 0 aliphatic heterocycles. The molecule has 0 saturated carbocycles. The zero-order chi connectivity index (χ0) is 14.8. The molecule has 0 spiro atoms. The van der Waals surface area contributed by atoms with Crippen molar-refractivity contribution in [1.82, 2.24) is 5.32 Å². The Morgan fingerprint density at radius 1 is 1.29 bits per heavy atom. The van der Waals surface area contributed by atoms with E-state index in [2.05, 4.69) is 17.4 Å². The van der Waals surface area contributed by atoms with E-state index < -0.39 is 0 Å². The first-order valence-electron chi connectivity index (χ1n) is 6.91. The van der Waals surface area contributed by atoms with Gasteiger partial charge in [-0.05, 0) is 48.4 Å². The van der Waals surface area contributed by atoms with Crippen molar-refractivity contribution in [3.63, 3.8) is 0 Å². The van der Waals surface area contributed by atoms with Crippen molar-refractivity contribution >= 4 is 29.3 Å². The van der Waals surface area contributed by atoms with E-state index in [1.165, 1.54) is 11.1 Å². The molecule has 0 saturated heterocycles. The Morgan fingerprint density at radius 3 is 2.90 bits per heavy atom. The number of carbonyl (C=O) groups is 1. The van der Waals surface area contributed by atoms with Crippen molar-refractivity contribution in [3.8, 4) is 0 Å². The molecule has 0 heterocycles. The summed E-state index contributed by atoms with van der Waals surface area (Å²) in [5.41, 5.74) is 3.10. The van der Waals surface area contributed by atoms with Crippen LogP contribution >= 0.6 is 23.4 Å². The van der Waals surface area contributed by atoms with E-state index in [-0.39, 0.29) is 11.9 Å². The minimum Gasteiger partial charge on any atom is -0.345 e. The first kappa shape index (κ1) is 14.5. The average Bonchev–Trinajstić information content (AvgIpc) is 2.91. The maximum Gasteiger partial charge on any atom is 0.253 e. The summed E-state index contributed by atoms with van der Waals surface area (Å²) in [7, 11) is 0. The first-order chi connectivity index (χ1) is 10.2. The summed E-state index contributed by atoms with van der Waals surface area (Å²) >= 11 is 7.77. The Kier molecular flexibility index (Phi) is 4.22. The first-order valence-corrected chi connectivity index (χ1v) is 8.51. The summed E-state index contributed by atoms with van der Waals surface area (Å²) in [6, 6.07) is 13.9. The highest BCUT2D eigenvalue weighted by atomic mass is 35.5. The molecule has 2 aromatic rings. The second-order valence-electron chi connectivity index (χ2n) is 5.11. The predicted octanol–water partition coefficient (Wildman–Crippen LogP) is 4.48. The fraction of sp³-hybridized carbons (Fsp3) is 0.235. The highest BCUT2D eigenvalue weighted by Crippen LogP contribution is 2.31. The number of rotatable bonds is 3. The Morgan fingerprint density at radius 2 is 2.10 bits per heavy atom. The molecule has 108 valence electrons. The molecule has 0 bridgehead atoms. The van der Waals surface area contributed by atoms with E-state index in [9.17, 15) is 4.79 Å². The summed E-state index contributed by atoms with van der Waals surface area (Å²) in [6.07, 6.45) is 3.95. The van der Waals surface area contributed by atoms with E-state index in [1.807, 2.05) is 30.5 Å². The molecule has 2 nitrogen and oxygen atoms in total. The lowest BCUT2D eigenvalue weighted by molar-refractivity contribution is 0.0936. The van der Waals surface area contributed by atoms with Crippen LogP contribution in [0.2, 0.25) is 5.02 Å². The number of amides is 1. The van der Waals surface area contributed by atoms with Gasteiger partial charge in [0.15, 0.2) is 0 Å². The molecule has 1 atom stereocenters. The standard InChI is InChI=1S/C17H16ClNOS/c1-21-12-7-8-15(18)14(10-12)17(20)19-16-9-6-11-4-2-3-5-13(11)16/h2-5,7-8,10,16H,6,9H2,1H3,(H,19,20)/t16-/m0/s1. The molecule has 4 heteroatoms. The van der Waals surface area contributed by atoms with E-state index in [1.54, 1.807) is 17.8 Å². The van der Waals surface area contributed by atoms with Gasteiger partial charge in [-0.3, -0.25) is 4.79 Å². The third-order valence-electron chi connectivity index (χ3n) is 3.86. The number of nitrogens with one attached hydrogen (secondary N) is 1. The number of halogens is 1. The molecule has 3 rings (SSSR count). The molecule has 1 aliphatic rings. The molecular weight excluding hydrogens is 302 g/mol. The molecule has 1 aliphatic carbocycles. The molecular formula is C17H16ClNOS. The fourth-order valence-electron chi connectivity index (χ4n) is 2.75. The van der Waals surface area contributed by atoms with Crippen LogP contribution < -0.4 is 5.32 Å². The van der Waals surface area contributed by atoms with Gasteiger partial charge in [0.2, 0.25) is 0 Å². The SMILES string of the molecule is CSc1ccc(Cl)c(C(=O)N[C@H]2CCc3ccccc32)c1. The second kappa shape index (κ2) is 6.12. The largest absolute Gasteiger partial charge is 0.345 e. The zero-order valence-corrected chi connectivity index (χ0v) is 13.3. The van der Waals surface area contributed by atoms with Crippen molar-refractivity contribution in [1.29, 1.82) is 0 Å². The van der Waals surface area contributed by atoms with Crippen LogP contribution in [0.3, 0.4) is 0 Å². The van der Waals surface area contributed by atoms with Crippen molar-refractivity contribution in [2.75, 3.05) is 6.26 Å². The summed E-state index contributed by atoms with van der Waals surface area (Å²) in [6.45, 7) is 0. The number of aryl methyl sites for hydroxylation is 1. The van der Waals surface area contributed by atoms with Gasteiger partial charge in [-0.2, -0.15) is 0 Å². The molecule has 1 N–H and O–H groups in total. The normalized spacial score (nSPS) is 16.6. The lowest BCUT2D eigenvalue weighted by atomic mass is 10.1. The van der Waals surface area contributed by atoms with Gasteiger partial charge in [-0.15, -0.1) is 11.8 Å². The van der Waals surface area contributed by atoms with Gasteiger partial charge in [-0.1, -0.05) is 35.9 Å². The van der Waals surface area contributed by atoms with Crippen LogP contribution in [0.15, 0.2) is 47.4 Å². The van der Waals surface area contributed by atoms with Gasteiger partial charge in [0.05, 0.1) is 16.6 Å². The van der Waals surface area contributed by atoms with Gasteiger partial charge < -0.3 is 5.32 Å². The Balaban J connectivity index is 1.82. The van der Waals surface area contributed by atoms with Gasteiger partial charge in [0, 0.05) is 4.90 Å². The lowest BCUT2D eigenvalue weighted by Crippen LogP contribution is -2.27. The smallest absolute Gasteiger partial charge is 0.253 e. The number of benzene rings is 2. The van der Waals surface area contributed by atoms with Crippen LogP contribution in [0.4, 0.5) is 0 Å². The monoisotopic (exact) mass is 317 g/mol. The number of hydrogen-bond donors (Lipinski definition) is 1. The Labute approximate surface area is 133 Å². The van der Waals surface area contributed by atoms with E-state index >= 15 is 0 Å². The van der Waals surface area contributed by atoms with Crippen molar-refractivity contribution in [2.24, 2.45) is 0 Å². The molecule has 0 fully saturated rings. The van der Waals surface area contributed by atoms with Crippen LogP contribution in [-0.2, 0) is 6.42 Å². The number of thioether (sulfide) groups is 1. The summed E-state index contributed by atoms with van der Waals surface area (Å²) < 4.78 is 0. The molecule has 2 aromatic carbocycles. The Bertz CT molecular complexity index is 686. The maximum absolute atomic E-state index is 12.5. The lowest BCUT2D eigenvalue weighted by Gasteiger charge is -2.15. The van der Waals surface area contributed by atoms with Crippen LogP contribution in [0, 0.1) is 0 Å². The van der Waals surface area contributed by atoms with E-state index in [0.717, 1.165) is 17.7 Å². The second-order valence-corrected chi connectivity index (χ2v) is 6.40. The number of fused-ring (bicyclic) bond motifs is 1. The van der Waals surface area contributed by atoms with Crippen molar-refractivity contribution in [2.45, 2.75) is 23.8 Å². The van der Waals surface area contributed by atoms with Gasteiger partial charge in [0.1, 0.15) is 0 Å². The number of hydrogen-bond acceptors (Lipinski definition) is 2. The van der Waals surface area contributed by atoms with Crippen LogP contribution in [0.25, 0.3) is 0 Å². The van der Waals surface area contributed by atoms with Crippen molar-refractivity contribution < 1.29 is 4.79 Å². The highest BCUT2D eigenvalue weighted by Gasteiger charge is 2.24. The minimum absolute atomic E-state index is 0.0858. The van der Waals surface area contributed by atoms with Gasteiger partial charge in [0.25, 0.3) is 5.91 Å². The maximum atomic E-state index is 12.5. The molecule has 0 radical (unpaired) electrons. The van der Waals surface area contributed by atoms with Crippen LogP contribution in [0.1, 0.15) is 33.9 Å². The zero-order valence-electron chi connectivity index (χ0n) is 11.7. The third kappa shape index (κ3) is 2.94. The highest BCUT2D eigenvalue weighted by molar-refractivity contribution is 7.98.